The Kier molecular flexibility index (Phi) is 9.48. The molecule has 2 amide bonds. The van der Waals surface area contributed by atoms with Gasteiger partial charge in [-0.25, -0.2) is 0 Å². The first-order valence-electron chi connectivity index (χ1n) is 8.51. The van der Waals surface area contributed by atoms with Gasteiger partial charge in [-0.05, 0) is 51.1 Å². The molecular weight excluding hydrogens is 302 g/mol. The predicted octanol–water partition coefficient (Wildman–Crippen LogP) is 1.75. The first-order valence-corrected chi connectivity index (χ1v) is 8.51. The summed E-state index contributed by atoms with van der Waals surface area (Å²) >= 11 is 0. The van der Waals surface area contributed by atoms with E-state index in [0.717, 1.165) is 45.2 Å². The van der Waals surface area contributed by atoms with Crippen LogP contribution in [0.5, 0.6) is 0 Å². The van der Waals surface area contributed by atoms with Gasteiger partial charge >= 0.3 is 0 Å². The van der Waals surface area contributed by atoms with E-state index in [1.165, 1.54) is 19.3 Å². The standard InChI is InChI=1S/C16H29N3O2.ClH/c20-15(7-6-13-8-10-17-11-9-13)18-12-16(21)19-14-4-2-1-3-5-14;/h13-14,17H,1-12H2,(H,18,20)(H,19,21);1H. The van der Waals surface area contributed by atoms with Gasteiger partial charge in [0, 0.05) is 12.5 Å². The Bertz CT molecular complexity index is 340. The molecule has 5 nitrogen and oxygen atoms in total. The Morgan fingerprint density at radius 3 is 2.32 bits per heavy atom. The van der Waals surface area contributed by atoms with Gasteiger partial charge in [0.25, 0.3) is 0 Å². The summed E-state index contributed by atoms with van der Waals surface area (Å²) < 4.78 is 0. The van der Waals surface area contributed by atoms with Crippen LogP contribution in [0.2, 0.25) is 0 Å². The van der Waals surface area contributed by atoms with Gasteiger partial charge in [-0.15, -0.1) is 12.4 Å². The van der Waals surface area contributed by atoms with Gasteiger partial charge in [0.2, 0.25) is 11.8 Å². The van der Waals surface area contributed by atoms with Crippen LogP contribution in [-0.2, 0) is 9.59 Å². The van der Waals surface area contributed by atoms with Crippen molar-refractivity contribution in [1.82, 2.24) is 16.0 Å². The molecule has 2 fully saturated rings. The third kappa shape index (κ3) is 7.45. The fourth-order valence-corrected chi connectivity index (χ4v) is 3.30. The van der Waals surface area contributed by atoms with Crippen molar-refractivity contribution in [3.63, 3.8) is 0 Å². The van der Waals surface area contributed by atoms with Crippen LogP contribution in [-0.4, -0.2) is 37.5 Å². The number of amides is 2. The number of hydrogen-bond donors (Lipinski definition) is 3. The monoisotopic (exact) mass is 331 g/mol. The Morgan fingerprint density at radius 1 is 0.955 bits per heavy atom. The summed E-state index contributed by atoms with van der Waals surface area (Å²) in [6.45, 7) is 2.26. The molecule has 1 aliphatic carbocycles. The average Bonchev–Trinajstić information content (AvgIpc) is 2.53. The molecule has 0 radical (unpaired) electrons. The predicted molar refractivity (Wildman–Crippen MR) is 90.1 cm³/mol. The van der Waals surface area contributed by atoms with Crippen LogP contribution in [0.1, 0.15) is 57.8 Å². The lowest BCUT2D eigenvalue weighted by molar-refractivity contribution is -0.126. The molecule has 22 heavy (non-hydrogen) atoms. The second-order valence-electron chi connectivity index (χ2n) is 6.41. The number of carbonyl (C=O) groups excluding carboxylic acids is 2. The molecule has 0 spiro atoms. The van der Waals surface area contributed by atoms with Crippen molar-refractivity contribution in [2.24, 2.45) is 5.92 Å². The minimum absolute atomic E-state index is 0. The summed E-state index contributed by atoms with van der Waals surface area (Å²) in [4.78, 5) is 23.6. The quantitative estimate of drug-likeness (QED) is 0.694. The summed E-state index contributed by atoms with van der Waals surface area (Å²) in [5, 5.41) is 9.09. The molecule has 1 saturated carbocycles. The molecule has 0 unspecified atom stereocenters. The van der Waals surface area contributed by atoms with Crippen LogP contribution in [0.3, 0.4) is 0 Å². The van der Waals surface area contributed by atoms with Gasteiger partial charge in [-0.2, -0.15) is 0 Å². The lowest BCUT2D eigenvalue weighted by atomic mass is 9.93. The van der Waals surface area contributed by atoms with Gasteiger partial charge < -0.3 is 16.0 Å². The zero-order valence-electron chi connectivity index (χ0n) is 13.4. The van der Waals surface area contributed by atoms with Crippen LogP contribution >= 0.6 is 12.4 Å². The Hall–Kier alpha value is -0.810. The van der Waals surface area contributed by atoms with Gasteiger partial charge in [0.1, 0.15) is 0 Å². The molecule has 1 saturated heterocycles. The van der Waals surface area contributed by atoms with Crippen molar-refractivity contribution >= 4 is 24.2 Å². The smallest absolute Gasteiger partial charge is 0.239 e. The van der Waals surface area contributed by atoms with Gasteiger partial charge in [0.05, 0.1) is 6.54 Å². The van der Waals surface area contributed by atoms with E-state index < -0.39 is 0 Å². The zero-order valence-corrected chi connectivity index (χ0v) is 14.2. The maximum absolute atomic E-state index is 11.8. The topological polar surface area (TPSA) is 70.2 Å². The molecule has 0 aromatic rings. The SMILES string of the molecule is Cl.O=C(CCC1CCNCC1)NCC(=O)NC1CCCCC1. The summed E-state index contributed by atoms with van der Waals surface area (Å²) in [5.74, 6) is 0.623. The van der Waals surface area contributed by atoms with Crippen molar-refractivity contribution in [2.45, 2.75) is 63.8 Å². The molecule has 0 aromatic heterocycles. The first-order chi connectivity index (χ1) is 10.2. The van der Waals surface area contributed by atoms with Crippen LogP contribution in [0.4, 0.5) is 0 Å². The molecule has 3 N–H and O–H groups in total. The van der Waals surface area contributed by atoms with Crippen molar-refractivity contribution in [2.75, 3.05) is 19.6 Å². The van der Waals surface area contributed by atoms with Gasteiger partial charge in [-0.1, -0.05) is 19.3 Å². The van der Waals surface area contributed by atoms with E-state index in [-0.39, 0.29) is 30.8 Å². The van der Waals surface area contributed by atoms with E-state index in [4.69, 9.17) is 0 Å². The van der Waals surface area contributed by atoms with E-state index in [2.05, 4.69) is 16.0 Å². The minimum atomic E-state index is -0.0443. The van der Waals surface area contributed by atoms with Crippen LogP contribution in [0, 0.1) is 5.92 Å². The van der Waals surface area contributed by atoms with E-state index in [9.17, 15) is 9.59 Å². The first kappa shape index (κ1) is 19.2. The second-order valence-corrected chi connectivity index (χ2v) is 6.41. The lowest BCUT2D eigenvalue weighted by Crippen LogP contribution is -2.42. The summed E-state index contributed by atoms with van der Waals surface area (Å²) in [6, 6.07) is 0.317. The number of hydrogen-bond acceptors (Lipinski definition) is 3. The lowest BCUT2D eigenvalue weighted by Gasteiger charge is -2.23. The molecule has 6 heteroatoms. The molecule has 0 atom stereocenters. The van der Waals surface area contributed by atoms with Crippen LogP contribution in [0.15, 0.2) is 0 Å². The van der Waals surface area contributed by atoms with Crippen molar-refractivity contribution < 1.29 is 9.59 Å². The Labute approximate surface area is 139 Å². The van der Waals surface area contributed by atoms with Crippen LogP contribution in [0.25, 0.3) is 0 Å². The number of rotatable bonds is 6. The molecule has 0 bridgehead atoms. The largest absolute Gasteiger partial charge is 0.352 e. The van der Waals surface area contributed by atoms with E-state index >= 15 is 0 Å². The third-order valence-electron chi connectivity index (χ3n) is 4.65. The summed E-state index contributed by atoms with van der Waals surface area (Å²) in [7, 11) is 0. The number of halogens is 1. The van der Waals surface area contributed by atoms with Crippen molar-refractivity contribution in [3.05, 3.63) is 0 Å². The fraction of sp³-hybridized carbons (Fsp3) is 0.875. The highest BCUT2D eigenvalue weighted by atomic mass is 35.5. The average molecular weight is 332 g/mol. The molecule has 1 heterocycles. The molecule has 1 aliphatic heterocycles. The minimum Gasteiger partial charge on any atom is -0.352 e. The highest BCUT2D eigenvalue weighted by Crippen LogP contribution is 2.18. The Balaban J connectivity index is 0.00000242. The van der Waals surface area contributed by atoms with Gasteiger partial charge in [-0.3, -0.25) is 9.59 Å². The molecule has 0 aromatic carbocycles. The number of carbonyl (C=O) groups is 2. The fourth-order valence-electron chi connectivity index (χ4n) is 3.30. The van der Waals surface area contributed by atoms with E-state index in [1.807, 2.05) is 0 Å². The maximum Gasteiger partial charge on any atom is 0.239 e. The van der Waals surface area contributed by atoms with Crippen molar-refractivity contribution in [3.8, 4) is 0 Å². The summed E-state index contributed by atoms with van der Waals surface area (Å²) in [6.07, 6.45) is 9.65. The highest BCUT2D eigenvalue weighted by Gasteiger charge is 2.17. The van der Waals surface area contributed by atoms with Crippen LogP contribution < -0.4 is 16.0 Å². The number of nitrogens with one attached hydrogen (secondary N) is 3. The third-order valence-corrected chi connectivity index (χ3v) is 4.65. The summed E-state index contributed by atoms with van der Waals surface area (Å²) in [5.41, 5.74) is 0. The van der Waals surface area contributed by atoms with E-state index in [1.54, 1.807) is 0 Å². The molecular formula is C16H30ClN3O2. The molecule has 2 aliphatic rings. The Morgan fingerprint density at radius 2 is 1.64 bits per heavy atom. The maximum atomic E-state index is 11.8. The second kappa shape index (κ2) is 10.8. The van der Waals surface area contributed by atoms with E-state index in [0.29, 0.717) is 18.4 Å². The van der Waals surface area contributed by atoms with Crippen molar-refractivity contribution in [1.29, 1.82) is 0 Å². The number of piperidine rings is 1. The normalized spacial score (nSPS) is 20.0. The molecule has 128 valence electrons. The molecule has 2 rings (SSSR count). The highest BCUT2D eigenvalue weighted by molar-refractivity contribution is 5.85. The zero-order chi connectivity index (χ0) is 14.9. The van der Waals surface area contributed by atoms with Gasteiger partial charge in [0.15, 0.2) is 0 Å².